The van der Waals surface area contributed by atoms with Gasteiger partial charge in [-0.1, -0.05) is 34.9 Å². The molecule has 0 saturated heterocycles. The van der Waals surface area contributed by atoms with E-state index in [1.54, 1.807) is 12.1 Å². The minimum absolute atomic E-state index is 0.384. The van der Waals surface area contributed by atoms with Crippen LogP contribution in [0.15, 0.2) is 60.8 Å². The third-order valence-corrected chi connectivity index (χ3v) is 5.09. The van der Waals surface area contributed by atoms with Crippen molar-refractivity contribution in [2.75, 3.05) is 6.61 Å². The number of rotatable bonds is 3. The van der Waals surface area contributed by atoms with Crippen LogP contribution in [0.2, 0.25) is 5.02 Å². The van der Waals surface area contributed by atoms with Gasteiger partial charge < -0.3 is 9.47 Å². The van der Waals surface area contributed by atoms with Crippen molar-refractivity contribution in [1.82, 2.24) is 19.7 Å². The quantitative estimate of drug-likeness (QED) is 0.472. The second kappa shape index (κ2) is 7.22. The molecule has 1 aliphatic heterocycles. The van der Waals surface area contributed by atoms with Crippen LogP contribution in [0, 0.1) is 6.92 Å². The summed E-state index contributed by atoms with van der Waals surface area (Å²) in [4.78, 5) is 4.28. The standard InChI is InChI=1S/C22H17ClN4O2/c1-14-12-16(8-9-24-14)15-6-7-19-17(13-15)21-25-26-22(27(21)10-11-28-19)29-20-5-3-2-4-18(20)23/h2-9,12-13H,10-11H2,1H3. The Hall–Kier alpha value is -3.38. The molecule has 0 radical (unpaired) electrons. The van der Waals surface area contributed by atoms with Crippen molar-refractivity contribution in [3.63, 3.8) is 0 Å². The molecule has 29 heavy (non-hydrogen) atoms. The van der Waals surface area contributed by atoms with Crippen molar-refractivity contribution in [3.8, 4) is 40.0 Å². The van der Waals surface area contributed by atoms with E-state index in [9.17, 15) is 0 Å². The number of pyridine rings is 1. The van der Waals surface area contributed by atoms with E-state index >= 15 is 0 Å². The van der Waals surface area contributed by atoms with Gasteiger partial charge in [-0.05, 0) is 54.4 Å². The Morgan fingerprint density at radius 3 is 2.76 bits per heavy atom. The third-order valence-electron chi connectivity index (χ3n) is 4.78. The third kappa shape index (κ3) is 3.32. The van der Waals surface area contributed by atoms with Crippen molar-refractivity contribution in [1.29, 1.82) is 0 Å². The molecule has 1 aliphatic rings. The highest BCUT2D eigenvalue weighted by Crippen LogP contribution is 2.37. The summed E-state index contributed by atoms with van der Waals surface area (Å²) in [5.74, 6) is 2.01. The van der Waals surface area contributed by atoms with E-state index < -0.39 is 0 Å². The van der Waals surface area contributed by atoms with Gasteiger partial charge in [0.2, 0.25) is 0 Å². The first-order valence-corrected chi connectivity index (χ1v) is 9.63. The van der Waals surface area contributed by atoms with Crippen LogP contribution < -0.4 is 9.47 Å². The summed E-state index contributed by atoms with van der Waals surface area (Å²) in [5, 5.41) is 9.17. The van der Waals surface area contributed by atoms with Crippen LogP contribution in [0.4, 0.5) is 0 Å². The Morgan fingerprint density at radius 1 is 1.03 bits per heavy atom. The number of fused-ring (bicyclic) bond motifs is 3. The molecule has 4 aromatic rings. The molecular formula is C22H17ClN4O2. The van der Waals surface area contributed by atoms with Gasteiger partial charge in [0, 0.05) is 11.9 Å². The molecular weight excluding hydrogens is 388 g/mol. The van der Waals surface area contributed by atoms with E-state index in [0.29, 0.717) is 35.8 Å². The van der Waals surface area contributed by atoms with Crippen LogP contribution in [-0.2, 0) is 6.54 Å². The van der Waals surface area contributed by atoms with E-state index in [1.807, 2.05) is 48.0 Å². The Labute approximate surface area is 172 Å². The molecule has 0 unspecified atom stereocenters. The minimum atomic E-state index is 0.384. The predicted molar refractivity (Wildman–Crippen MR) is 110 cm³/mol. The zero-order valence-corrected chi connectivity index (χ0v) is 16.4. The highest BCUT2D eigenvalue weighted by atomic mass is 35.5. The fraction of sp³-hybridized carbons (Fsp3) is 0.136. The first kappa shape index (κ1) is 17.7. The topological polar surface area (TPSA) is 62.1 Å². The molecule has 0 aliphatic carbocycles. The monoisotopic (exact) mass is 404 g/mol. The Kier molecular flexibility index (Phi) is 4.41. The number of para-hydroxylation sites is 1. The van der Waals surface area contributed by atoms with E-state index in [-0.39, 0.29) is 0 Å². The number of aromatic nitrogens is 4. The van der Waals surface area contributed by atoms with Crippen LogP contribution in [0.5, 0.6) is 17.5 Å². The summed E-state index contributed by atoms with van der Waals surface area (Å²) < 4.78 is 13.8. The lowest BCUT2D eigenvalue weighted by atomic mass is 10.0. The number of benzene rings is 2. The van der Waals surface area contributed by atoms with Gasteiger partial charge in [0.1, 0.15) is 18.1 Å². The van der Waals surface area contributed by atoms with Crippen molar-refractivity contribution in [3.05, 3.63) is 71.5 Å². The summed E-state index contributed by atoms with van der Waals surface area (Å²) in [6.45, 7) is 3.04. The molecule has 0 atom stereocenters. The summed E-state index contributed by atoms with van der Waals surface area (Å²) in [5.41, 5.74) is 3.98. The molecule has 7 heteroatoms. The maximum absolute atomic E-state index is 6.23. The molecule has 0 bridgehead atoms. The smallest absolute Gasteiger partial charge is 0.322 e. The molecule has 0 amide bonds. The second-order valence-corrected chi connectivity index (χ2v) is 7.14. The number of ether oxygens (including phenoxy) is 2. The number of hydrogen-bond donors (Lipinski definition) is 0. The Balaban J connectivity index is 1.58. The number of hydrogen-bond acceptors (Lipinski definition) is 5. The van der Waals surface area contributed by atoms with Gasteiger partial charge in [0.15, 0.2) is 5.82 Å². The molecule has 0 spiro atoms. The molecule has 5 rings (SSSR count). The number of nitrogens with zero attached hydrogens (tertiary/aromatic N) is 4. The van der Waals surface area contributed by atoms with Crippen molar-refractivity contribution in [2.45, 2.75) is 13.5 Å². The summed E-state index contributed by atoms with van der Waals surface area (Å²) in [7, 11) is 0. The molecule has 6 nitrogen and oxygen atoms in total. The summed E-state index contributed by atoms with van der Waals surface area (Å²) in [6, 6.07) is 17.8. The Morgan fingerprint density at radius 2 is 1.90 bits per heavy atom. The normalized spacial score (nSPS) is 12.5. The van der Waals surface area contributed by atoms with Gasteiger partial charge in [-0.2, -0.15) is 0 Å². The summed E-state index contributed by atoms with van der Waals surface area (Å²) in [6.07, 6.45) is 1.81. The van der Waals surface area contributed by atoms with Gasteiger partial charge in [0.05, 0.1) is 17.1 Å². The number of aryl methyl sites for hydroxylation is 1. The highest BCUT2D eigenvalue weighted by molar-refractivity contribution is 6.32. The zero-order valence-electron chi connectivity index (χ0n) is 15.7. The van der Waals surface area contributed by atoms with Crippen LogP contribution in [0.3, 0.4) is 0 Å². The Bertz CT molecular complexity index is 1210. The molecule has 0 saturated carbocycles. The highest BCUT2D eigenvalue weighted by Gasteiger charge is 2.23. The fourth-order valence-corrected chi connectivity index (χ4v) is 3.55. The first-order valence-electron chi connectivity index (χ1n) is 9.25. The summed E-state index contributed by atoms with van der Waals surface area (Å²) >= 11 is 6.23. The van der Waals surface area contributed by atoms with Crippen LogP contribution >= 0.6 is 11.6 Å². The lowest BCUT2D eigenvalue weighted by Crippen LogP contribution is -2.07. The second-order valence-electron chi connectivity index (χ2n) is 6.74. The maximum atomic E-state index is 6.23. The SMILES string of the molecule is Cc1cc(-c2ccc3c(c2)-c2nnc(Oc4ccccc4Cl)n2CCO3)ccn1. The lowest BCUT2D eigenvalue weighted by Gasteiger charge is -2.09. The largest absolute Gasteiger partial charge is 0.491 e. The van der Waals surface area contributed by atoms with Gasteiger partial charge in [-0.15, -0.1) is 5.10 Å². The minimum Gasteiger partial charge on any atom is -0.491 e. The average molecular weight is 405 g/mol. The van der Waals surface area contributed by atoms with E-state index in [1.165, 1.54) is 0 Å². The van der Waals surface area contributed by atoms with Gasteiger partial charge in [-0.25, -0.2) is 0 Å². The van der Waals surface area contributed by atoms with Crippen molar-refractivity contribution < 1.29 is 9.47 Å². The first-order chi connectivity index (χ1) is 14.2. The lowest BCUT2D eigenvalue weighted by molar-refractivity contribution is 0.296. The molecule has 144 valence electrons. The van der Waals surface area contributed by atoms with Crippen molar-refractivity contribution in [2.24, 2.45) is 0 Å². The molecule has 0 fully saturated rings. The zero-order chi connectivity index (χ0) is 19.8. The van der Waals surface area contributed by atoms with E-state index in [0.717, 1.165) is 28.1 Å². The van der Waals surface area contributed by atoms with Crippen molar-refractivity contribution >= 4 is 11.6 Å². The van der Waals surface area contributed by atoms with Gasteiger partial charge >= 0.3 is 6.01 Å². The predicted octanol–water partition coefficient (Wildman–Crippen LogP) is 5.15. The molecule has 0 N–H and O–H groups in total. The molecule has 3 heterocycles. The molecule has 2 aromatic carbocycles. The fourth-order valence-electron chi connectivity index (χ4n) is 3.37. The van der Waals surface area contributed by atoms with Crippen LogP contribution in [0.25, 0.3) is 22.5 Å². The van der Waals surface area contributed by atoms with Crippen LogP contribution in [0.1, 0.15) is 5.69 Å². The maximum Gasteiger partial charge on any atom is 0.322 e. The van der Waals surface area contributed by atoms with Crippen LogP contribution in [-0.4, -0.2) is 26.4 Å². The van der Waals surface area contributed by atoms with E-state index in [2.05, 4.69) is 27.3 Å². The average Bonchev–Trinajstić information content (AvgIpc) is 3.02. The molecule has 2 aromatic heterocycles. The van der Waals surface area contributed by atoms with Gasteiger partial charge in [-0.3, -0.25) is 9.55 Å². The van der Waals surface area contributed by atoms with E-state index in [4.69, 9.17) is 21.1 Å². The number of halogens is 1. The van der Waals surface area contributed by atoms with Gasteiger partial charge in [0.25, 0.3) is 0 Å².